The molecule has 0 saturated carbocycles. The van der Waals surface area contributed by atoms with Gasteiger partial charge in [-0.15, -0.1) is 0 Å². The molecular formula is C22H25NO9. The second-order valence-corrected chi connectivity index (χ2v) is 7.05. The highest BCUT2D eigenvalue weighted by molar-refractivity contribution is 6.08. The van der Waals surface area contributed by atoms with E-state index in [9.17, 15) is 19.8 Å². The van der Waals surface area contributed by atoms with Crippen LogP contribution in [0.5, 0.6) is 28.7 Å². The van der Waals surface area contributed by atoms with Gasteiger partial charge in [-0.05, 0) is 17.7 Å². The first-order valence-electron chi connectivity index (χ1n) is 9.58. The van der Waals surface area contributed by atoms with E-state index in [-0.39, 0.29) is 5.75 Å². The van der Waals surface area contributed by atoms with Crippen molar-refractivity contribution in [3.8, 4) is 28.7 Å². The Morgan fingerprint density at radius 2 is 1.56 bits per heavy atom. The molecular weight excluding hydrogens is 422 g/mol. The van der Waals surface area contributed by atoms with Gasteiger partial charge in [0.05, 0.1) is 40.7 Å². The summed E-state index contributed by atoms with van der Waals surface area (Å²) < 4.78 is 26.4. The summed E-state index contributed by atoms with van der Waals surface area (Å²) in [5.41, 5.74) is -1.33. The Bertz CT molecular complexity index is 1010. The first-order chi connectivity index (χ1) is 15.2. The molecule has 1 fully saturated rings. The molecule has 1 aliphatic rings. The number of ether oxygens (including phenoxy) is 5. The maximum absolute atomic E-state index is 12.9. The number of carbonyl (C=O) groups is 2. The molecule has 172 valence electrons. The van der Waals surface area contributed by atoms with E-state index < -0.39 is 30.1 Å². The Hall–Kier alpha value is -3.50. The first kappa shape index (κ1) is 23.2. The Labute approximate surface area is 184 Å². The summed E-state index contributed by atoms with van der Waals surface area (Å²) in [5.74, 6) is 0.0743. The molecule has 0 unspecified atom stereocenters. The molecule has 10 nitrogen and oxygen atoms in total. The van der Waals surface area contributed by atoms with Crippen molar-refractivity contribution in [3.63, 3.8) is 0 Å². The summed E-state index contributed by atoms with van der Waals surface area (Å²) in [5, 5.41) is 20.8. The van der Waals surface area contributed by atoms with Gasteiger partial charge in [-0.2, -0.15) is 0 Å². The van der Waals surface area contributed by atoms with Crippen LogP contribution in [0.15, 0.2) is 30.3 Å². The summed E-state index contributed by atoms with van der Waals surface area (Å²) in [6.07, 6.45) is 0. The number of β-lactam (4-membered cyclic amide) rings is 1. The molecule has 1 saturated heterocycles. The number of aliphatic hydroxyl groups is 2. The van der Waals surface area contributed by atoms with E-state index in [4.69, 9.17) is 23.7 Å². The predicted octanol–water partition coefficient (Wildman–Crippen LogP) is 1.46. The summed E-state index contributed by atoms with van der Waals surface area (Å²) in [7, 11) is 5.75. The number of benzene rings is 2. The highest BCUT2D eigenvalue weighted by Gasteiger charge is 2.61. The van der Waals surface area contributed by atoms with Gasteiger partial charge in [-0.25, -0.2) is 0 Å². The molecule has 1 heterocycles. The highest BCUT2D eigenvalue weighted by atomic mass is 16.6. The lowest BCUT2D eigenvalue weighted by atomic mass is 9.78. The van der Waals surface area contributed by atoms with Crippen LogP contribution in [0, 0.1) is 0 Å². The van der Waals surface area contributed by atoms with Crippen LogP contribution in [0.3, 0.4) is 0 Å². The quantitative estimate of drug-likeness (QED) is 0.352. The minimum atomic E-state index is -2.08. The van der Waals surface area contributed by atoms with Crippen molar-refractivity contribution >= 4 is 17.6 Å². The minimum absolute atomic E-state index is 0.113. The Morgan fingerprint density at radius 3 is 2.03 bits per heavy atom. The molecule has 0 radical (unpaired) electrons. The summed E-state index contributed by atoms with van der Waals surface area (Å²) in [6, 6.07) is 6.74. The molecule has 2 N–H and O–H groups in total. The van der Waals surface area contributed by atoms with Gasteiger partial charge < -0.3 is 33.9 Å². The van der Waals surface area contributed by atoms with Crippen LogP contribution in [-0.4, -0.2) is 62.7 Å². The zero-order valence-electron chi connectivity index (χ0n) is 18.4. The van der Waals surface area contributed by atoms with Crippen molar-refractivity contribution in [3.05, 3.63) is 35.9 Å². The van der Waals surface area contributed by atoms with Crippen molar-refractivity contribution in [2.75, 3.05) is 39.9 Å². The number of carbonyl (C=O) groups excluding carboxylic acids is 2. The second-order valence-electron chi connectivity index (χ2n) is 7.05. The molecule has 2 aromatic carbocycles. The van der Waals surface area contributed by atoms with E-state index in [2.05, 4.69) is 0 Å². The summed E-state index contributed by atoms with van der Waals surface area (Å²) >= 11 is 0. The Morgan fingerprint density at radius 1 is 0.969 bits per heavy atom. The zero-order valence-corrected chi connectivity index (χ0v) is 18.4. The van der Waals surface area contributed by atoms with Gasteiger partial charge in [-0.1, -0.05) is 6.07 Å². The van der Waals surface area contributed by atoms with Crippen LogP contribution in [0.4, 0.5) is 5.69 Å². The molecule has 0 spiro atoms. The number of amides is 1. The third kappa shape index (κ3) is 3.67. The molecule has 10 heteroatoms. The Balaban J connectivity index is 2.14. The molecule has 1 amide bonds. The van der Waals surface area contributed by atoms with E-state index in [0.29, 0.717) is 34.2 Å². The number of methoxy groups -OCH3 is 4. The number of anilines is 1. The van der Waals surface area contributed by atoms with Gasteiger partial charge >= 0.3 is 5.97 Å². The van der Waals surface area contributed by atoms with Crippen LogP contribution >= 0.6 is 0 Å². The SMILES string of the molecule is COc1ccc([C@@H]2N(c3cc(OC)c(OC)c(OC)c3)C(=O)[C@]2(O)CO)cc1OC(C)=O. The van der Waals surface area contributed by atoms with E-state index >= 15 is 0 Å². The van der Waals surface area contributed by atoms with Crippen LogP contribution in [0.25, 0.3) is 0 Å². The maximum atomic E-state index is 12.9. The molecule has 0 bridgehead atoms. The smallest absolute Gasteiger partial charge is 0.308 e. The monoisotopic (exact) mass is 447 g/mol. The van der Waals surface area contributed by atoms with Gasteiger partial charge in [0.25, 0.3) is 5.91 Å². The van der Waals surface area contributed by atoms with E-state index in [0.717, 1.165) is 0 Å². The molecule has 0 aromatic heterocycles. The lowest BCUT2D eigenvalue weighted by molar-refractivity contribution is -0.160. The lowest BCUT2D eigenvalue weighted by Crippen LogP contribution is -2.70. The standard InChI is InChI=1S/C22H25NO9/c1-12(25)32-16-8-13(6-7-15(16)28-2)20-22(27,11-24)21(26)23(20)14-9-17(29-3)19(31-5)18(10-14)30-4/h6-10,20,24,27H,11H2,1-5H3/t20-,22-/m0/s1. The largest absolute Gasteiger partial charge is 0.493 e. The van der Waals surface area contributed by atoms with E-state index in [1.807, 2.05) is 0 Å². The van der Waals surface area contributed by atoms with Crippen LogP contribution in [0.2, 0.25) is 0 Å². The van der Waals surface area contributed by atoms with Gasteiger partial charge in [0.15, 0.2) is 28.6 Å². The molecule has 2 atom stereocenters. The van der Waals surface area contributed by atoms with Gasteiger partial charge in [-0.3, -0.25) is 14.5 Å². The fraction of sp³-hybridized carbons (Fsp3) is 0.364. The molecule has 2 aromatic rings. The van der Waals surface area contributed by atoms with Crippen molar-refractivity contribution in [2.24, 2.45) is 0 Å². The molecule has 3 rings (SSSR count). The van der Waals surface area contributed by atoms with E-state index in [1.54, 1.807) is 24.3 Å². The van der Waals surface area contributed by atoms with Crippen molar-refractivity contribution in [1.82, 2.24) is 0 Å². The molecule has 32 heavy (non-hydrogen) atoms. The normalized spacial score (nSPS) is 19.8. The van der Waals surface area contributed by atoms with Crippen LogP contribution in [-0.2, 0) is 9.59 Å². The number of aliphatic hydroxyl groups excluding tert-OH is 1. The topological polar surface area (TPSA) is 124 Å². The fourth-order valence-electron chi connectivity index (χ4n) is 3.74. The van der Waals surface area contributed by atoms with Crippen LogP contribution in [0.1, 0.15) is 18.5 Å². The van der Waals surface area contributed by atoms with Crippen LogP contribution < -0.4 is 28.6 Å². The summed E-state index contributed by atoms with van der Waals surface area (Å²) in [4.78, 5) is 25.7. The number of hydrogen-bond acceptors (Lipinski definition) is 9. The second kappa shape index (κ2) is 8.93. The number of rotatable bonds is 8. The van der Waals surface area contributed by atoms with Crippen molar-refractivity contribution < 1.29 is 43.5 Å². The molecule has 0 aliphatic carbocycles. The average molecular weight is 447 g/mol. The summed E-state index contributed by atoms with van der Waals surface area (Å²) in [6.45, 7) is 0.428. The third-order valence-electron chi connectivity index (χ3n) is 5.23. The third-order valence-corrected chi connectivity index (χ3v) is 5.23. The fourth-order valence-corrected chi connectivity index (χ4v) is 3.74. The number of hydrogen-bond donors (Lipinski definition) is 2. The molecule has 1 aliphatic heterocycles. The van der Waals surface area contributed by atoms with Gasteiger partial charge in [0.2, 0.25) is 5.75 Å². The maximum Gasteiger partial charge on any atom is 0.308 e. The average Bonchev–Trinajstić information content (AvgIpc) is 2.79. The van der Waals surface area contributed by atoms with E-state index in [1.165, 1.54) is 46.3 Å². The van der Waals surface area contributed by atoms with Gasteiger partial charge in [0.1, 0.15) is 6.04 Å². The lowest BCUT2D eigenvalue weighted by Gasteiger charge is -2.52. The number of nitrogens with zero attached hydrogens (tertiary/aromatic N) is 1. The van der Waals surface area contributed by atoms with Crippen molar-refractivity contribution in [2.45, 2.75) is 18.6 Å². The zero-order chi connectivity index (χ0) is 23.6. The predicted molar refractivity (Wildman–Crippen MR) is 113 cm³/mol. The van der Waals surface area contributed by atoms with Crippen molar-refractivity contribution in [1.29, 1.82) is 0 Å². The first-order valence-corrected chi connectivity index (χ1v) is 9.58. The Kier molecular flexibility index (Phi) is 6.47. The minimum Gasteiger partial charge on any atom is -0.493 e. The van der Waals surface area contributed by atoms with Gasteiger partial charge in [0, 0.05) is 19.1 Å². The number of esters is 1. The highest BCUT2D eigenvalue weighted by Crippen LogP contribution is 2.50.